The van der Waals surface area contributed by atoms with E-state index in [1.807, 2.05) is 62.3 Å². The summed E-state index contributed by atoms with van der Waals surface area (Å²) in [5, 5.41) is 19.4. The highest BCUT2D eigenvalue weighted by Gasteiger charge is 2.42. The molecular weight excluding hydrogens is 1410 g/mol. The first kappa shape index (κ1) is 80.3. The Balaban J connectivity index is 0.000000133. The highest BCUT2D eigenvalue weighted by Crippen LogP contribution is 2.43. The van der Waals surface area contributed by atoms with Crippen molar-refractivity contribution in [3.05, 3.63) is 180 Å². The van der Waals surface area contributed by atoms with Crippen LogP contribution >= 0.6 is 0 Å². The Morgan fingerprint density at radius 1 is 0.421 bits per heavy atom. The predicted octanol–water partition coefficient (Wildman–Crippen LogP) is 9.96. The van der Waals surface area contributed by atoms with Crippen LogP contribution in [-0.4, -0.2) is 228 Å². The molecule has 5 saturated heterocycles. The fourth-order valence-corrected chi connectivity index (χ4v) is 21.0. The molecule has 5 aromatic heterocycles. The standard InChI is InChI=1S/2C17H23N3O.2C16H23N3O2S.C15H21N3O2S/c1-13(21)20-9-7-17(8-10-20,12-18-2)15-11-19-16-6-4-3-5-14(15)16;1-12(21)20-8-7-13(9-14(20)10-18-2)16-11-19-17-6-4-3-5-15(16)17;1-17-12-16(7-9-19(10-8-16)22(2,20)21)14-11-18-15-6-4-3-5-13(14)15;1-17-10-13-9-12(7-8-19(13)22(2,20)21)15-11-18-16-6-4-3-5-14(15)16;1-21(19,20)18-7-6-11(8-12(18)9-16)14-10-17-15-5-3-2-4-13(14)15/h3-6,11,18-19H,7-10,12H2,1-2H3;3-6,11,13-14,18-19H,7-10H2,1-2H3;3-6,11,17-18H,7-10,12H2,1-2H3;3-6,11-13,17-18H,7-10H2,1-2H3;2-5,10-12,17H,6-9,16H2,1H3. The lowest BCUT2D eigenvalue weighted by atomic mass is 9.72. The molecule has 10 heterocycles. The summed E-state index contributed by atoms with van der Waals surface area (Å²) in [6.45, 7) is 11.9. The molecule has 0 aliphatic carbocycles. The number of amides is 2. The molecule has 0 radical (unpaired) electrons. The van der Waals surface area contributed by atoms with E-state index >= 15 is 0 Å². The van der Waals surface area contributed by atoms with Crippen molar-refractivity contribution >= 4 is 96.4 Å². The van der Waals surface area contributed by atoms with Crippen molar-refractivity contribution in [3.8, 4) is 0 Å². The van der Waals surface area contributed by atoms with Gasteiger partial charge in [0.05, 0.1) is 18.8 Å². The quantitative estimate of drug-likeness (QED) is 0.0406. The zero-order chi connectivity index (χ0) is 76.3. The monoisotopic (exact) mass is 1520 g/mol. The minimum Gasteiger partial charge on any atom is -0.361 e. The van der Waals surface area contributed by atoms with Crippen LogP contribution in [0, 0.1) is 0 Å². The normalized spacial score (nSPS) is 21.7. The van der Waals surface area contributed by atoms with Crippen LogP contribution in [0.4, 0.5) is 0 Å². The van der Waals surface area contributed by atoms with E-state index in [0.717, 1.165) is 120 Å². The molecule has 0 bridgehead atoms. The largest absolute Gasteiger partial charge is 0.361 e. The first-order valence-electron chi connectivity index (χ1n) is 37.8. The van der Waals surface area contributed by atoms with Crippen molar-refractivity contribution in [3.63, 3.8) is 0 Å². The summed E-state index contributed by atoms with van der Waals surface area (Å²) >= 11 is 0. The van der Waals surface area contributed by atoms with Crippen LogP contribution in [0.1, 0.15) is 124 Å². The molecule has 0 spiro atoms. The molecular formula is C81H113N15O8S3. The van der Waals surface area contributed by atoms with Gasteiger partial charge in [0.25, 0.3) is 0 Å². The molecule has 6 atom stereocenters. The Morgan fingerprint density at radius 3 is 1.12 bits per heavy atom. The number of piperidine rings is 5. The van der Waals surface area contributed by atoms with Crippen LogP contribution in [-0.2, 0) is 50.5 Å². The van der Waals surface area contributed by atoms with E-state index in [1.54, 1.807) is 26.8 Å². The predicted molar refractivity (Wildman–Crippen MR) is 435 cm³/mol. The number of aromatic amines is 5. The van der Waals surface area contributed by atoms with Crippen LogP contribution in [0.25, 0.3) is 54.5 Å². The minimum atomic E-state index is -3.18. The van der Waals surface area contributed by atoms with Crippen molar-refractivity contribution < 1.29 is 34.8 Å². The summed E-state index contributed by atoms with van der Waals surface area (Å²) in [7, 11) is -1.63. The number of carbonyl (C=O) groups is 2. The van der Waals surface area contributed by atoms with E-state index in [4.69, 9.17) is 5.73 Å². The summed E-state index contributed by atoms with van der Waals surface area (Å²) in [5.41, 5.74) is 18.4. The third kappa shape index (κ3) is 18.6. The van der Waals surface area contributed by atoms with Crippen molar-refractivity contribution in [2.75, 3.05) is 125 Å². The first-order valence-corrected chi connectivity index (χ1v) is 43.4. The van der Waals surface area contributed by atoms with E-state index in [2.05, 4.69) is 174 Å². The second-order valence-electron chi connectivity index (χ2n) is 30.1. The summed E-state index contributed by atoms with van der Waals surface area (Å²) < 4.78 is 75.9. The number of sulfonamides is 3. The molecule has 5 aliphatic heterocycles. The second-order valence-corrected chi connectivity index (χ2v) is 35.9. The number of nitrogens with one attached hydrogen (secondary N) is 9. The van der Waals surface area contributed by atoms with Crippen molar-refractivity contribution in [2.45, 2.75) is 125 Å². The molecule has 15 rings (SSSR count). The number of nitrogens with two attached hydrogens (primary N) is 1. The first-order chi connectivity index (χ1) is 51.3. The average molecular weight is 1520 g/mol. The van der Waals surface area contributed by atoms with Gasteiger partial charge in [-0.25, -0.2) is 29.6 Å². The van der Waals surface area contributed by atoms with Gasteiger partial charge in [-0.1, -0.05) is 91.0 Å². The number of para-hydroxylation sites is 5. The smallest absolute Gasteiger partial charge is 0.219 e. The van der Waals surface area contributed by atoms with Gasteiger partial charge in [-0.15, -0.1) is 0 Å². The number of rotatable bonds is 17. The average Bonchev–Trinajstić information content (AvgIpc) is 1.66. The van der Waals surface area contributed by atoms with Crippen LogP contribution in [0.5, 0.6) is 0 Å². The number of nitrogens with zero attached hydrogens (tertiary/aromatic N) is 5. The number of H-pyrrole nitrogens is 5. The van der Waals surface area contributed by atoms with E-state index in [9.17, 15) is 34.8 Å². The van der Waals surface area contributed by atoms with Crippen molar-refractivity contribution in [1.82, 2.24) is 68.9 Å². The molecule has 0 saturated carbocycles. The fraction of sp³-hybridized carbons (Fsp3) is 0.481. The molecule has 26 heteroatoms. The number of hydrogen-bond donors (Lipinski definition) is 10. The van der Waals surface area contributed by atoms with Crippen LogP contribution in [0.3, 0.4) is 0 Å². The molecule has 10 aromatic rings. The Hall–Kier alpha value is -7.73. The molecule has 2 amide bonds. The lowest BCUT2D eigenvalue weighted by molar-refractivity contribution is -0.132. The SMILES string of the molecule is CNCC1(c2c[nH]c3ccccc23)CCN(C(C)=O)CC1.CNCC1(c2c[nH]c3ccccc23)CCN(S(C)(=O)=O)CC1.CNCC1CC(c2c[nH]c3ccccc23)CCN1C(C)=O.CNCC1CC(c2c[nH]c3ccccc23)CCN1S(C)(=O)=O.CS(=O)(=O)N1CCC(c2c[nH]c3ccccc23)CC1CN. The van der Waals surface area contributed by atoms with Crippen molar-refractivity contribution in [2.24, 2.45) is 5.73 Å². The van der Waals surface area contributed by atoms with E-state index in [0.29, 0.717) is 63.1 Å². The Labute approximate surface area is 632 Å². The van der Waals surface area contributed by atoms with Gasteiger partial charge in [0.1, 0.15) is 0 Å². The number of carbonyl (C=O) groups excluding carboxylic acids is 2. The molecule has 107 heavy (non-hydrogen) atoms. The van der Waals surface area contributed by atoms with Gasteiger partial charge in [-0.2, -0.15) is 8.61 Å². The van der Waals surface area contributed by atoms with Crippen LogP contribution < -0.4 is 27.0 Å². The minimum absolute atomic E-state index is 0.0183. The van der Waals surface area contributed by atoms with Gasteiger partial charge in [0.15, 0.2) is 0 Å². The Kier molecular flexibility index (Phi) is 26.5. The van der Waals surface area contributed by atoms with Gasteiger partial charge in [-0.3, -0.25) is 9.59 Å². The highest BCUT2D eigenvalue weighted by atomic mass is 32.2. The van der Waals surface area contributed by atoms with Gasteiger partial charge in [-0.05, 0) is 168 Å². The van der Waals surface area contributed by atoms with Gasteiger partial charge in [0, 0.05) is 207 Å². The molecule has 23 nitrogen and oxygen atoms in total. The lowest BCUT2D eigenvalue weighted by Crippen LogP contribution is -2.49. The third-order valence-electron chi connectivity index (χ3n) is 23.3. The highest BCUT2D eigenvalue weighted by molar-refractivity contribution is 7.88. The second kappa shape index (κ2) is 35.3. The van der Waals surface area contributed by atoms with E-state index < -0.39 is 30.1 Å². The van der Waals surface area contributed by atoms with Crippen LogP contribution in [0.15, 0.2) is 152 Å². The Morgan fingerprint density at radius 2 is 0.757 bits per heavy atom. The number of benzene rings is 5. The van der Waals surface area contributed by atoms with E-state index in [-0.39, 0.29) is 34.7 Å². The molecule has 5 fully saturated rings. The molecule has 6 unspecified atom stereocenters. The van der Waals surface area contributed by atoms with Gasteiger partial charge >= 0.3 is 0 Å². The maximum Gasteiger partial charge on any atom is 0.219 e. The third-order valence-corrected chi connectivity index (χ3v) is 27.3. The summed E-state index contributed by atoms with van der Waals surface area (Å²) in [6, 6.07) is 41.9. The van der Waals surface area contributed by atoms with Gasteiger partial charge in [0.2, 0.25) is 41.9 Å². The van der Waals surface area contributed by atoms with Crippen LogP contribution in [0.2, 0.25) is 0 Å². The molecule has 578 valence electrons. The number of fused-ring (bicyclic) bond motifs is 5. The van der Waals surface area contributed by atoms with Crippen molar-refractivity contribution in [1.29, 1.82) is 0 Å². The van der Waals surface area contributed by atoms with E-state index in [1.165, 1.54) is 84.5 Å². The molecule has 5 aliphatic rings. The number of hydrogen-bond acceptors (Lipinski definition) is 13. The lowest BCUT2D eigenvalue weighted by Gasteiger charge is -2.41. The topological polar surface area (TPSA) is 306 Å². The molecule has 11 N–H and O–H groups in total. The maximum atomic E-state index is 12.0. The summed E-state index contributed by atoms with van der Waals surface area (Å²) in [4.78, 5) is 44.1. The number of aromatic nitrogens is 5. The zero-order valence-electron chi connectivity index (χ0n) is 63.8. The molecule has 5 aromatic carbocycles. The number of likely N-dealkylation sites (N-methyl/N-ethyl adjacent to an activating group) is 4. The number of likely N-dealkylation sites (tertiary alicyclic amines) is 2. The Bertz CT molecular complexity index is 4950. The summed E-state index contributed by atoms with van der Waals surface area (Å²) in [5.74, 6) is 1.65. The maximum absolute atomic E-state index is 12.0. The fourth-order valence-electron chi connectivity index (χ4n) is 17.9. The van der Waals surface area contributed by atoms with Gasteiger partial charge < -0.3 is 61.7 Å². The summed E-state index contributed by atoms with van der Waals surface area (Å²) in [6.07, 6.45) is 23.5. The zero-order valence-corrected chi connectivity index (χ0v) is 66.2.